The number of pyridine rings is 1. The van der Waals surface area contributed by atoms with Gasteiger partial charge < -0.3 is 15.2 Å². The Morgan fingerprint density at radius 3 is 2.59 bits per heavy atom. The van der Waals surface area contributed by atoms with Gasteiger partial charge in [-0.2, -0.15) is 10.2 Å². The number of aromatic nitrogens is 3. The molecular weight excluding hydrogens is 452 g/mol. The van der Waals surface area contributed by atoms with Gasteiger partial charge >= 0.3 is 0 Å². The summed E-state index contributed by atoms with van der Waals surface area (Å²) in [6.45, 7) is 2.26. The van der Waals surface area contributed by atoms with Crippen LogP contribution in [0, 0.1) is 18.3 Å². The van der Waals surface area contributed by atoms with Gasteiger partial charge in [-0.15, -0.1) is 0 Å². The maximum absolute atomic E-state index is 12.1. The largest absolute Gasteiger partial charge is 0.364 e. The Labute approximate surface area is 201 Å². The van der Waals surface area contributed by atoms with E-state index >= 15 is 0 Å². The molecule has 2 aromatic carbocycles. The molecule has 0 atom stereocenters. The summed E-state index contributed by atoms with van der Waals surface area (Å²) in [6, 6.07) is 19.5. The van der Waals surface area contributed by atoms with Gasteiger partial charge in [0.25, 0.3) is 5.89 Å². The zero-order valence-electron chi connectivity index (χ0n) is 18.4. The van der Waals surface area contributed by atoms with Crippen molar-refractivity contribution in [2.24, 2.45) is 0 Å². The summed E-state index contributed by atoms with van der Waals surface area (Å²) in [5, 5.41) is 18.9. The van der Waals surface area contributed by atoms with Crippen molar-refractivity contribution in [3.63, 3.8) is 0 Å². The Balaban J connectivity index is 1.49. The fourth-order valence-corrected chi connectivity index (χ4v) is 3.57. The number of hydrogen-bond acceptors (Lipinski definition) is 7. The minimum Gasteiger partial charge on any atom is -0.364 e. The number of nitrogens with one attached hydrogen (secondary N) is 2. The van der Waals surface area contributed by atoms with Crippen molar-refractivity contribution >= 4 is 29.0 Å². The molecule has 4 aromatic rings. The highest BCUT2D eigenvalue weighted by Crippen LogP contribution is 2.32. The summed E-state index contributed by atoms with van der Waals surface area (Å²) >= 11 is 6.27. The predicted octanol–water partition coefficient (Wildman–Crippen LogP) is 5.61. The second-order valence-electron chi connectivity index (χ2n) is 7.47. The average Bonchev–Trinajstić information content (AvgIpc) is 3.29. The topological polar surface area (TPSA) is 117 Å². The molecule has 0 unspecified atom stereocenters. The number of carbonyl (C=O) groups excluding carboxylic acids is 1. The molecule has 4 rings (SSSR count). The molecule has 0 spiro atoms. The lowest BCUT2D eigenvalue weighted by atomic mass is 9.98. The number of rotatable bonds is 8. The van der Waals surface area contributed by atoms with Gasteiger partial charge in [-0.3, -0.25) is 4.79 Å². The Bertz CT molecular complexity index is 1340. The first-order chi connectivity index (χ1) is 16.5. The molecule has 34 heavy (non-hydrogen) atoms. The highest BCUT2D eigenvalue weighted by atomic mass is 35.5. The van der Waals surface area contributed by atoms with Crippen LogP contribution in [0.25, 0.3) is 22.6 Å². The summed E-state index contributed by atoms with van der Waals surface area (Å²) in [4.78, 5) is 20.7. The highest BCUT2D eigenvalue weighted by Gasteiger charge is 2.14. The van der Waals surface area contributed by atoms with Crippen LogP contribution < -0.4 is 10.6 Å². The number of benzene rings is 2. The molecule has 0 saturated heterocycles. The molecule has 1 amide bonds. The molecule has 0 aliphatic heterocycles. The van der Waals surface area contributed by atoms with Crippen LogP contribution in [0.2, 0.25) is 5.02 Å². The van der Waals surface area contributed by atoms with Crippen LogP contribution in [-0.2, 0) is 11.3 Å². The quantitative estimate of drug-likeness (QED) is 0.342. The standard InChI is InChI=1S/C25H21ClN6O2/c1-16-30-25(34-32-16)20-6-3-2-5-19(20)18-10-8-17(9-11-18)15-29-24-23(21(26)12-14-28-24)31-22(33)7-4-13-27/h2-3,5-6,8-12,14H,4,7,15H2,1H3,(H,28,29)(H,31,33). The Hall–Kier alpha value is -4.22. The minimum atomic E-state index is -0.293. The van der Waals surface area contributed by atoms with Crippen LogP contribution in [0.4, 0.5) is 11.5 Å². The lowest BCUT2D eigenvalue weighted by Crippen LogP contribution is -2.14. The molecule has 2 N–H and O–H groups in total. The van der Waals surface area contributed by atoms with Crippen LogP contribution in [0.15, 0.2) is 65.3 Å². The summed E-state index contributed by atoms with van der Waals surface area (Å²) in [6.07, 6.45) is 1.79. The van der Waals surface area contributed by atoms with Crippen molar-refractivity contribution < 1.29 is 9.32 Å². The number of carbonyl (C=O) groups is 1. The number of nitriles is 1. The first-order valence-corrected chi connectivity index (χ1v) is 11.0. The average molecular weight is 473 g/mol. The zero-order valence-corrected chi connectivity index (χ0v) is 19.1. The molecule has 9 heteroatoms. The zero-order chi connectivity index (χ0) is 23.9. The first-order valence-electron chi connectivity index (χ1n) is 10.6. The fourth-order valence-electron chi connectivity index (χ4n) is 3.38. The molecule has 0 aliphatic carbocycles. The predicted molar refractivity (Wildman–Crippen MR) is 130 cm³/mol. The van der Waals surface area contributed by atoms with E-state index in [1.165, 1.54) is 0 Å². The van der Waals surface area contributed by atoms with Crippen LogP contribution in [0.3, 0.4) is 0 Å². The van der Waals surface area contributed by atoms with Crippen LogP contribution in [0.1, 0.15) is 24.2 Å². The van der Waals surface area contributed by atoms with E-state index < -0.39 is 0 Å². The Morgan fingerprint density at radius 2 is 1.88 bits per heavy atom. The lowest BCUT2D eigenvalue weighted by Gasteiger charge is -2.14. The number of anilines is 2. The Morgan fingerprint density at radius 1 is 1.12 bits per heavy atom. The van der Waals surface area contributed by atoms with E-state index in [2.05, 4.69) is 25.8 Å². The maximum atomic E-state index is 12.1. The molecule has 0 bridgehead atoms. The molecule has 8 nitrogen and oxygen atoms in total. The summed E-state index contributed by atoms with van der Waals surface area (Å²) in [7, 11) is 0. The van der Waals surface area contributed by atoms with Crippen LogP contribution >= 0.6 is 11.6 Å². The van der Waals surface area contributed by atoms with Crippen molar-refractivity contribution in [3.8, 4) is 28.7 Å². The smallest absolute Gasteiger partial charge is 0.258 e. The Kier molecular flexibility index (Phi) is 7.16. The highest BCUT2D eigenvalue weighted by molar-refractivity contribution is 6.34. The number of hydrogen-bond donors (Lipinski definition) is 2. The van der Waals surface area contributed by atoms with E-state index in [1.807, 2.05) is 54.6 Å². The van der Waals surface area contributed by atoms with Gasteiger partial charge in [0.1, 0.15) is 5.69 Å². The second kappa shape index (κ2) is 10.6. The molecule has 0 aliphatic rings. The number of amides is 1. The third-order valence-corrected chi connectivity index (χ3v) is 5.35. The number of aryl methyl sites for hydroxylation is 1. The molecule has 2 heterocycles. The number of halogens is 1. The summed E-state index contributed by atoms with van der Waals surface area (Å²) in [5.74, 6) is 1.23. The van der Waals surface area contributed by atoms with Crippen molar-refractivity contribution in [2.45, 2.75) is 26.3 Å². The van der Waals surface area contributed by atoms with Crippen LogP contribution in [0.5, 0.6) is 0 Å². The van der Waals surface area contributed by atoms with Gasteiger partial charge in [-0.1, -0.05) is 59.2 Å². The molecule has 170 valence electrons. The van der Waals surface area contributed by atoms with E-state index in [1.54, 1.807) is 19.2 Å². The van der Waals surface area contributed by atoms with Gasteiger partial charge in [0.2, 0.25) is 5.91 Å². The van der Waals surface area contributed by atoms with Gasteiger partial charge in [0.15, 0.2) is 11.6 Å². The molecule has 0 fully saturated rings. The summed E-state index contributed by atoms with van der Waals surface area (Å²) in [5.41, 5.74) is 4.28. The van der Waals surface area contributed by atoms with Crippen molar-refractivity contribution in [3.05, 3.63) is 77.2 Å². The molecule has 2 aromatic heterocycles. The minimum absolute atomic E-state index is 0.0905. The number of nitrogens with zero attached hydrogens (tertiary/aromatic N) is 4. The van der Waals surface area contributed by atoms with E-state index in [0.29, 0.717) is 34.8 Å². The van der Waals surface area contributed by atoms with Gasteiger partial charge in [0, 0.05) is 31.1 Å². The third kappa shape index (κ3) is 5.39. The van der Waals surface area contributed by atoms with Crippen LogP contribution in [-0.4, -0.2) is 21.0 Å². The maximum Gasteiger partial charge on any atom is 0.258 e. The van der Waals surface area contributed by atoms with Crippen molar-refractivity contribution in [2.75, 3.05) is 10.6 Å². The molecule has 0 saturated carbocycles. The van der Waals surface area contributed by atoms with Crippen molar-refractivity contribution in [1.82, 2.24) is 15.1 Å². The van der Waals surface area contributed by atoms with E-state index in [9.17, 15) is 4.79 Å². The SMILES string of the molecule is Cc1noc(-c2ccccc2-c2ccc(CNc3nccc(Cl)c3NC(=O)CCC#N)cc2)n1. The summed E-state index contributed by atoms with van der Waals surface area (Å²) < 4.78 is 5.36. The van der Waals surface area contributed by atoms with Gasteiger partial charge in [-0.05, 0) is 35.7 Å². The molecular formula is C25H21ClN6O2. The molecule has 0 radical (unpaired) electrons. The van der Waals surface area contributed by atoms with E-state index in [0.717, 1.165) is 22.3 Å². The third-order valence-electron chi connectivity index (χ3n) is 5.04. The fraction of sp³-hybridized carbons (Fsp3) is 0.160. The second-order valence-corrected chi connectivity index (χ2v) is 7.87. The first kappa shape index (κ1) is 23.0. The lowest BCUT2D eigenvalue weighted by molar-refractivity contribution is -0.116. The van der Waals surface area contributed by atoms with Gasteiger partial charge in [0.05, 0.1) is 11.1 Å². The monoisotopic (exact) mass is 472 g/mol. The van der Waals surface area contributed by atoms with Crippen molar-refractivity contribution in [1.29, 1.82) is 5.26 Å². The van der Waals surface area contributed by atoms with Gasteiger partial charge in [-0.25, -0.2) is 4.98 Å². The van der Waals surface area contributed by atoms with E-state index in [4.69, 9.17) is 21.4 Å². The normalized spacial score (nSPS) is 10.5. The van der Waals surface area contributed by atoms with E-state index in [-0.39, 0.29) is 18.7 Å².